The first-order chi connectivity index (χ1) is 7.43. The van der Waals surface area contributed by atoms with Crippen molar-refractivity contribution in [3.05, 3.63) is 0 Å². The van der Waals surface area contributed by atoms with E-state index < -0.39 is 11.9 Å². The van der Waals surface area contributed by atoms with Crippen LogP contribution in [0, 0.1) is 5.92 Å². The number of esters is 1. The molecule has 1 amide bonds. The fourth-order valence-corrected chi connectivity index (χ4v) is 1.25. The summed E-state index contributed by atoms with van der Waals surface area (Å²) < 4.78 is 4.52. The zero-order valence-electron chi connectivity index (χ0n) is 9.86. The molecule has 0 bridgehead atoms. The lowest BCUT2D eigenvalue weighted by Crippen LogP contribution is -2.43. The van der Waals surface area contributed by atoms with Crippen LogP contribution in [0.4, 0.5) is 0 Å². The van der Waals surface area contributed by atoms with Gasteiger partial charge in [-0.15, -0.1) is 0 Å². The normalized spacial score (nSPS) is 11.7. The summed E-state index contributed by atoms with van der Waals surface area (Å²) in [6.45, 7) is 3.98. The molecule has 0 rings (SSSR count). The SMILES string of the molecule is CCCN(CC(=O)OC)C(=O)C(C)C(N)=S. The lowest BCUT2D eigenvalue weighted by molar-refractivity contribution is -0.147. The molecule has 0 aromatic heterocycles. The number of rotatable bonds is 6. The predicted molar refractivity (Wildman–Crippen MR) is 64.8 cm³/mol. The molecular weight excluding hydrogens is 228 g/mol. The van der Waals surface area contributed by atoms with Crippen LogP contribution < -0.4 is 5.73 Å². The zero-order chi connectivity index (χ0) is 12.7. The second-order valence-corrected chi connectivity index (χ2v) is 3.93. The topological polar surface area (TPSA) is 72.6 Å². The minimum Gasteiger partial charge on any atom is -0.468 e. The summed E-state index contributed by atoms with van der Waals surface area (Å²) in [4.78, 5) is 24.5. The van der Waals surface area contributed by atoms with Crippen LogP contribution in [0.5, 0.6) is 0 Å². The highest BCUT2D eigenvalue weighted by Gasteiger charge is 2.23. The van der Waals surface area contributed by atoms with Gasteiger partial charge in [0.2, 0.25) is 5.91 Å². The van der Waals surface area contributed by atoms with Crippen LogP contribution in [-0.2, 0) is 14.3 Å². The van der Waals surface area contributed by atoms with Gasteiger partial charge in [0, 0.05) is 6.54 Å². The maximum atomic E-state index is 11.9. The van der Waals surface area contributed by atoms with Gasteiger partial charge < -0.3 is 15.4 Å². The number of nitrogens with zero attached hydrogens (tertiary/aromatic N) is 1. The van der Waals surface area contributed by atoms with E-state index in [9.17, 15) is 9.59 Å². The van der Waals surface area contributed by atoms with Gasteiger partial charge in [0.1, 0.15) is 6.54 Å². The van der Waals surface area contributed by atoms with Gasteiger partial charge in [0.05, 0.1) is 18.0 Å². The monoisotopic (exact) mass is 246 g/mol. The summed E-state index contributed by atoms with van der Waals surface area (Å²) in [5, 5.41) is 0. The third-order valence-electron chi connectivity index (χ3n) is 2.15. The largest absolute Gasteiger partial charge is 0.468 e. The van der Waals surface area contributed by atoms with E-state index >= 15 is 0 Å². The Hall–Kier alpha value is -1.17. The van der Waals surface area contributed by atoms with Crippen LogP contribution in [-0.4, -0.2) is 42.0 Å². The van der Waals surface area contributed by atoms with E-state index in [1.54, 1.807) is 6.92 Å². The average Bonchev–Trinajstić information content (AvgIpc) is 2.26. The molecule has 0 aliphatic heterocycles. The molecule has 0 radical (unpaired) electrons. The van der Waals surface area contributed by atoms with Crippen LogP contribution >= 0.6 is 12.2 Å². The second kappa shape index (κ2) is 7.16. The lowest BCUT2D eigenvalue weighted by Gasteiger charge is -2.23. The van der Waals surface area contributed by atoms with E-state index in [0.717, 1.165) is 6.42 Å². The van der Waals surface area contributed by atoms with E-state index in [1.807, 2.05) is 6.92 Å². The second-order valence-electron chi connectivity index (χ2n) is 3.46. The van der Waals surface area contributed by atoms with Crippen molar-refractivity contribution in [1.29, 1.82) is 0 Å². The Labute approximate surface area is 101 Å². The van der Waals surface area contributed by atoms with Crippen molar-refractivity contribution in [3.63, 3.8) is 0 Å². The van der Waals surface area contributed by atoms with E-state index in [2.05, 4.69) is 4.74 Å². The lowest BCUT2D eigenvalue weighted by atomic mass is 10.1. The van der Waals surface area contributed by atoms with Crippen LogP contribution in [0.2, 0.25) is 0 Å². The summed E-state index contributed by atoms with van der Waals surface area (Å²) in [6.07, 6.45) is 0.757. The molecule has 0 saturated heterocycles. The standard InChI is InChI=1S/C10H18N2O3S/c1-4-5-12(6-8(13)15-3)10(14)7(2)9(11)16/h7H,4-6H2,1-3H3,(H2,11,16). The van der Waals surface area contributed by atoms with Gasteiger partial charge in [-0.05, 0) is 13.3 Å². The number of hydrogen-bond acceptors (Lipinski definition) is 4. The first kappa shape index (κ1) is 14.8. The molecule has 0 aromatic carbocycles. The fraction of sp³-hybridized carbons (Fsp3) is 0.700. The zero-order valence-corrected chi connectivity index (χ0v) is 10.7. The molecule has 5 nitrogen and oxygen atoms in total. The van der Waals surface area contributed by atoms with Crippen molar-refractivity contribution in [3.8, 4) is 0 Å². The van der Waals surface area contributed by atoms with Crippen molar-refractivity contribution in [1.82, 2.24) is 4.90 Å². The number of carbonyl (C=O) groups is 2. The minimum absolute atomic E-state index is 0.0594. The predicted octanol–water partition coefficient (Wildman–Crippen LogP) is 0.320. The number of hydrogen-bond donors (Lipinski definition) is 1. The average molecular weight is 246 g/mol. The molecule has 0 spiro atoms. The van der Waals surface area contributed by atoms with Crippen LogP contribution in [0.3, 0.4) is 0 Å². The summed E-state index contributed by atoms with van der Waals surface area (Å²) >= 11 is 4.75. The number of ether oxygens (including phenoxy) is 1. The van der Waals surface area contributed by atoms with Gasteiger partial charge >= 0.3 is 5.97 Å². The highest BCUT2D eigenvalue weighted by molar-refractivity contribution is 7.80. The maximum absolute atomic E-state index is 11.9. The fourth-order valence-electron chi connectivity index (χ4n) is 1.15. The van der Waals surface area contributed by atoms with Crippen molar-refractivity contribution >= 4 is 29.1 Å². The molecule has 1 unspecified atom stereocenters. The maximum Gasteiger partial charge on any atom is 0.325 e. The molecule has 0 saturated carbocycles. The number of methoxy groups -OCH3 is 1. The van der Waals surface area contributed by atoms with Gasteiger partial charge in [0.15, 0.2) is 0 Å². The molecular formula is C10H18N2O3S. The molecule has 16 heavy (non-hydrogen) atoms. The van der Waals surface area contributed by atoms with Crippen molar-refractivity contribution in [2.45, 2.75) is 20.3 Å². The minimum atomic E-state index is -0.550. The molecule has 92 valence electrons. The Morgan fingerprint density at radius 1 is 1.50 bits per heavy atom. The van der Waals surface area contributed by atoms with Gasteiger partial charge in [0.25, 0.3) is 0 Å². The molecule has 0 heterocycles. The van der Waals surface area contributed by atoms with Gasteiger partial charge in [-0.1, -0.05) is 19.1 Å². The smallest absolute Gasteiger partial charge is 0.325 e. The molecule has 0 fully saturated rings. The summed E-state index contributed by atoms with van der Waals surface area (Å²) in [5.74, 6) is -1.23. The third kappa shape index (κ3) is 4.57. The summed E-state index contributed by atoms with van der Waals surface area (Å²) in [7, 11) is 1.29. The first-order valence-corrected chi connectivity index (χ1v) is 5.49. The van der Waals surface area contributed by atoms with Crippen LogP contribution in [0.15, 0.2) is 0 Å². The van der Waals surface area contributed by atoms with Crippen molar-refractivity contribution in [2.75, 3.05) is 20.2 Å². The highest BCUT2D eigenvalue weighted by atomic mass is 32.1. The van der Waals surface area contributed by atoms with Crippen LogP contribution in [0.25, 0.3) is 0 Å². The Balaban J connectivity index is 4.57. The molecule has 0 aliphatic carbocycles. The number of nitrogens with two attached hydrogens (primary N) is 1. The van der Waals surface area contributed by atoms with E-state index in [4.69, 9.17) is 18.0 Å². The van der Waals surface area contributed by atoms with E-state index in [0.29, 0.717) is 6.54 Å². The summed E-state index contributed by atoms with van der Waals surface area (Å²) in [6, 6.07) is 0. The summed E-state index contributed by atoms with van der Waals surface area (Å²) in [5.41, 5.74) is 5.40. The van der Waals surface area contributed by atoms with Gasteiger partial charge in [-0.3, -0.25) is 9.59 Å². The molecule has 1 atom stereocenters. The molecule has 6 heteroatoms. The van der Waals surface area contributed by atoms with Crippen molar-refractivity contribution in [2.24, 2.45) is 11.7 Å². The Morgan fingerprint density at radius 3 is 2.44 bits per heavy atom. The Bertz CT molecular complexity index is 281. The number of carbonyl (C=O) groups excluding carboxylic acids is 2. The third-order valence-corrected chi connectivity index (χ3v) is 2.50. The number of thiocarbonyl (C=S) groups is 1. The van der Waals surface area contributed by atoms with Gasteiger partial charge in [-0.25, -0.2) is 0 Å². The van der Waals surface area contributed by atoms with Gasteiger partial charge in [-0.2, -0.15) is 0 Å². The highest BCUT2D eigenvalue weighted by Crippen LogP contribution is 2.04. The Morgan fingerprint density at radius 2 is 2.06 bits per heavy atom. The van der Waals surface area contributed by atoms with E-state index in [-0.39, 0.29) is 17.4 Å². The molecule has 2 N–H and O–H groups in total. The van der Waals surface area contributed by atoms with E-state index in [1.165, 1.54) is 12.0 Å². The quantitative estimate of drug-likeness (QED) is 0.540. The molecule has 0 aromatic rings. The van der Waals surface area contributed by atoms with Crippen molar-refractivity contribution < 1.29 is 14.3 Å². The number of amides is 1. The Kier molecular flexibility index (Phi) is 6.64. The van der Waals surface area contributed by atoms with Crippen LogP contribution in [0.1, 0.15) is 20.3 Å². The first-order valence-electron chi connectivity index (χ1n) is 5.08. The molecule has 0 aliphatic rings.